The zero-order chi connectivity index (χ0) is 22.4. The van der Waals surface area contributed by atoms with Gasteiger partial charge < -0.3 is 19.7 Å². The summed E-state index contributed by atoms with van der Waals surface area (Å²) in [6.07, 6.45) is 3.60. The molecule has 2 aliphatic rings. The molecule has 1 saturated heterocycles. The number of ketones is 1. The molecule has 1 fully saturated rings. The lowest BCUT2D eigenvalue weighted by molar-refractivity contribution is -0.162. The molecule has 1 aromatic rings. The number of Topliss-reactive ketones (excluding diaryl/α,β-unsaturated/α-hetero) is 1. The zero-order valence-electron chi connectivity index (χ0n) is 17.8. The van der Waals surface area contributed by atoms with Crippen molar-refractivity contribution in [1.29, 1.82) is 0 Å². The minimum Gasteiger partial charge on any atom is -0.452 e. The molecule has 31 heavy (non-hydrogen) atoms. The van der Waals surface area contributed by atoms with Gasteiger partial charge in [0.1, 0.15) is 0 Å². The first-order chi connectivity index (χ1) is 14.9. The number of rotatable bonds is 6. The van der Waals surface area contributed by atoms with Gasteiger partial charge in [-0.05, 0) is 38.8 Å². The second kappa shape index (κ2) is 10.3. The van der Waals surface area contributed by atoms with E-state index in [9.17, 15) is 19.2 Å². The summed E-state index contributed by atoms with van der Waals surface area (Å²) in [4.78, 5) is 51.5. The van der Waals surface area contributed by atoms with E-state index in [1.54, 1.807) is 29.2 Å². The van der Waals surface area contributed by atoms with E-state index < -0.39 is 29.8 Å². The van der Waals surface area contributed by atoms with Crippen LogP contribution in [0.4, 0.5) is 5.69 Å². The number of nitrogens with one attached hydrogen (secondary N) is 1. The third-order valence-electron chi connectivity index (χ3n) is 5.57. The summed E-state index contributed by atoms with van der Waals surface area (Å²) < 4.78 is 10.7. The van der Waals surface area contributed by atoms with Crippen LogP contribution in [0.3, 0.4) is 0 Å². The highest BCUT2D eigenvalue weighted by Crippen LogP contribution is 2.29. The average Bonchev–Trinajstić information content (AvgIpc) is 2.79. The van der Waals surface area contributed by atoms with Gasteiger partial charge >= 0.3 is 5.97 Å². The highest BCUT2D eigenvalue weighted by molar-refractivity contribution is 5.98. The van der Waals surface area contributed by atoms with Crippen molar-refractivity contribution in [2.24, 2.45) is 11.8 Å². The molecule has 166 valence electrons. The Kier molecular flexibility index (Phi) is 7.57. The number of esters is 1. The first-order valence-electron chi connectivity index (χ1n) is 10.5. The highest BCUT2D eigenvalue weighted by atomic mass is 16.5. The number of carbonyl (C=O) groups is 4. The molecule has 0 spiro atoms. The molecule has 1 aromatic carbocycles. The van der Waals surface area contributed by atoms with Gasteiger partial charge in [-0.1, -0.05) is 24.3 Å². The van der Waals surface area contributed by atoms with Crippen molar-refractivity contribution in [3.8, 4) is 0 Å². The number of morpholine rings is 1. The van der Waals surface area contributed by atoms with Gasteiger partial charge in [-0.25, -0.2) is 0 Å². The van der Waals surface area contributed by atoms with Gasteiger partial charge in [0.15, 0.2) is 11.9 Å². The maximum Gasteiger partial charge on any atom is 0.310 e. The van der Waals surface area contributed by atoms with Gasteiger partial charge in [-0.3, -0.25) is 19.2 Å². The molecule has 1 aliphatic carbocycles. The molecule has 1 N–H and O–H groups in total. The zero-order valence-corrected chi connectivity index (χ0v) is 17.8. The largest absolute Gasteiger partial charge is 0.452 e. The van der Waals surface area contributed by atoms with Crippen molar-refractivity contribution in [1.82, 2.24) is 4.90 Å². The molecule has 2 amide bonds. The maximum atomic E-state index is 12.9. The number of benzene rings is 1. The first-order valence-corrected chi connectivity index (χ1v) is 10.5. The summed E-state index contributed by atoms with van der Waals surface area (Å²) in [5, 5.41) is 2.66. The maximum absolute atomic E-state index is 12.9. The molecule has 8 nitrogen and oxygen atoms in total. The van der Waals surface area contributed by atoms with Gasteiger partial charge in [-0.15, -0.1) is 0 Å². The fraction of sp³-hybridized carbons (Fsp3) is 0.478. The molecule has 3 atom stereocenters. The summed E-state index contributed by atoms with van der Waals surface area (Å²) in [7, 11) is 0. The lowest BCUT2D eigenvalue weighted by atomic mass is 9.82. The predicted molar refractivity (Wildman–Crippen MR) is 113 cm³/mol. The topological polar surface area (TPSA) is 102 Å². The quantitative estimate of drug-likeness (QED) is 0.423. The fourth-order valence-corrected chi connectivity index (χ4v) is 3.74. The lowest BCUT2D eigenvalue weighted by Crippen LogP contribution is -2.47. The summed E-state index contributed by atoms with van der Waals surface area (Å²) in [6.45, 7) is 4.94. The van der Waals surface area contributed by atoms with Crippen LogP contribution >= 0.6 is 0 Å². The Hall–Kier alpha value is -3.00. The number of hydrogen-bond donors (Lipinski definition) is 1. The minimum absolute atomic E-state index is 0.0762. The Bertz CT molecular complexity index is 875. The molecule has 0 saturated carbocycles. The first kappa shape index (κ1) is 22.7. The third-order valence-corrected chi connectivity index (χ3v) is 5.57. The summed E-state index contributed by atoms with van der Waals surface area (Å²) in [6, 6.07) is 6.54. The van der Waals surface area contributed by atoms with E-state index in [0.29, 0.717) is 50.4 Å². The van der Waals surface area contributed by atoms with Gasteiger partial charge in [-0.2, -0.15) is 0 Å². The molecular weight excluding hydrogens is 400 g/mol. The van der Waals surface area contributed by atoms with E-state index in [2.05, 4.69) is 5.32 Å². The minimum atomic E-state index is -1.04. The van der Waals surface area contributed by atoms with Crippen LogP contribution in [0.1, 0.15) is 37.0 Å². The molecule has 1 heterocycles. The summed E-state index contributed by atoms with van der Waals surface area (Å²) in [5.41, 5.74) is 0.919. The van der Waals surface area contributed by atoms with Gasteiger partial charge in [0.25, 0.3) is 5.91 Å². The van der Waals surface area contributed by atoms with Crippen LogP contribution in [0.15, 0.2) is 36.4 Å². The lowest BCUT2D eigenvalue weighted by Gasteiger charge is -2.34. The second-order valence-corrected chi connectivity index (χ2v) is 7.80. The summed E-state index contributed by atoms with van der Waals surface area (Å²) in [5.74, 6) is -2.38. The molecule has 0 bridgehead atoms. The van der Waals surface area contributed by atoms with Crippen LogP contribution in [-0.4, -0.2) is 60.9 Å². The number of carbonyl (C=O) groups excluding carboxylic acids is 4. The van der Waals surface area contributed by atoms with E-state index in [0.717, 1.165) is 0 Å². The van der Waals surface area contributed by atoms with Crippen molar-refractivity contribution >= 4 is 29.3 Å². The number of allylic oxidation sites excluding steroid dienone is 2. The van der Waals surface area contributed by atoms with Crippen molar-refractivity contribution < 1.29 is 28.7 Å². The molecule has 0 aromatic heterocycles. The second-order valence-electron chi connectivity index (χ2n) is 7.80. The van der Waals surface area contributed by atoms with Gasteiger partial charge in [0.2, 0.25) is 5.91 Å². The fourth-order valence-electron chi connectivity index (χ4n) is 3.74. The molecule has 3 unspecified atom stereocenters. The van der Waals surface area contributed by atoms with Crippen molar-refractivity contribution in [2.75, 3.05) is 31.6 Å². The van der Waals surface area contributed by atoms with Crippen LogP contribution in [-0.2, 0) is 23.9 Å². The Morgan fingerprint density at radius 2 is 1.77 bits per heavy atom. The standard InChI is InChI=1S/C23H28N2O6/c1-15(26)17-6-5-7-18(14-17)24-21(27)16(2)31-23(29)20-9-4-3-8-19(20)22(28)25-10-12-30-13-11-25/h3-7,14,16,19-20H,8-13H2,1-2H3,(H,24,27). The van der Waals surface area contributed by atoms with Crippen LogP contribution < -0.4 is 5.32 Å². The van der Waals surface area contributed by atoms with Crippen molar-refractivity contribution in [3.05, 3.63) is 42.0 Å². The Labute approximate surface area is 181 Å². The summed E-state index contributed by atoms with van der Waals surface area (Å²) >= 11 is 0. The monoisotopic (exact) mass is 428 g/mol. The van der Waals surface area contributed by atoms with E-state index in [4.69, 9.17) is 9.47 Å². The van der Waals surface area contributed by atoms with Crippen molar-refractivity contribution in [2.45, 2.75) is 32.8 Å². The van der Waals surface area contributed by atoms with Crippen molar-refractivity contribution in [3.63, 3.8) is 0 Å². The SMILES string of the molecule is CC(=O)c1cccc(NC(=O)C(C)OC(=O)C2CC=CCC2C(=O)N2CCOCC2)c1. The average molecular weight is 428 g/mol. The third kappa shape index (κ3) is 5.79. The Balaban J connectivity index is 1.61. The number of anilines is 1. The molecule has 8 heteroatoms. The predicted octanol–water partition coefficient (Wildman–Crippen LogP) is 2.20. The number of ether oxygens (including phenoxy) is 2. The number of hydrogen-bond acceptors (Lipinski definition) is 6. The number of amides is 2. The Morgan fingerprint density at radius 3 is 2.45 bits per heavy atom. The van der Waals surface area contributed by atoms with Crippen LogP contribution in [0.5, 0.6) is 0 Å². The number of nitrogens with zero attached hydrogens (tertiary/aromatic N) is 1. The van der Waals surface area contributed by atoms with Crippen LogP contribution in [0.2, 0.25) is 0 Å². The van der Waals surface area contributed by atoms with E-state index >= 15 is 0 Å². The molecular formula is C23H28N2O6. The van der Waals surface area contributed by atoms with Crippen LogP contribution in [0.25, 0.3) is 0 Å². The van der Waals surface area contributed by atoms with Crippen LogP contribution in [0, 0.1) is 11.8 Å². The highest BCUT2D eigenvalue weighted by Gasteiger charge is 2.38. The molecule has 3 rings (SSSR count). The Morgan fingerprint density at radius 1 is 1.10 bits per heavy atom. The van der Waals surface area contributed by atoms with E-state index in [-0.39, 0.29) is 11.7 Å². The van der Waals surface area contributed by atoms with Gasteiger partial charge in [0, 0.05) is 24.3 Å². The van der Waals surface area contributed by atoms with Gasteiger partial charge in [0.05, 0.1) is 25.0 Å². The molecule has 0 radical (unpaired) electrons. The van der Waals surface area contributed by atoms with E-state index in [1.165, 1.54) is 13.8 Å². The smallest absolute Gasteiger partial charge is 0.310 e. The normalized spacial score (nSPS) is 21.8. The van der Waals surface area contributed by atoms with E-state index in [1.807, 2.05) is 12.2 Å². The molecule has 1 aliphatic heterocycles.